The molecule has 9 rings (SSSR count). The van der Waals surface area contributed by atoms with E-state index in [9.17, 15) is 24.0 Å². The number of ether oxygens (including phenoxy) is 2. The molecule has 8 nitrogen and oxygen atoms in total. The van der Waals surface area contributed by atoms with Gasteiger partial charge in [0.05, 0.1) is 38.7 Å². The molecule has 246 valence electrons. The first-order valence-corrected chi connectivity index (χ1v) is 16.6. The lowest BCUT2D eigenvalue weighted by atomic mass is 9.55. The van der Waals surface area contributed by atoms with E-state index < -0.39 is 36.2 Å². The number of carbonyl (C=O) groups excluding carboxylic acids is 5. The zero-order valence-corrected chi connectivity index (χ0v) is 27.6. The summed E-state index contributed by atoms with van der Waals surface area (Å²) >= 11 is 11.9. The van der Waals surface area contributed by atoms with Crippen LogP contribution in [0.4, 0.5) is 5.69 Å². The van der Waals surface area contributed by atoms with Crippen LogP contribution in [-0.4, -0.2) is 36.1 Å². The number of rotatable bonds is 7. The molecule has 3 aliphatic carbocycles. The molecule has 0 radical (unpaired) electrons. The first-order valence-electron chi connectivity index (χ1n) is 15.8. The van der Waals surface area contributed by atoms with Crippen molar-refractivity contribution in [3.63, 3.8) is 0 Å². The minimum absolute atomic E-state index is 0.0879. The number of amides is 2. The fourth-order valence-electron chi connectivity index (χ4n) is 7.50. The van der Waals surface area contributed by atoms with Gasteiger partial charge in [0.25, 0.3) is 0 Å². The van der Waals surface area contributed by atoms with Gasteiger partial charge in [-0.2, -0.15) is 0 Å². The summed E-state index contributed by atoms with van der Waals surface area (Å²) in [6.07, 6.45) is 0. The van der Waals surface area contributed by atoms with Gasteiger partial charge in [0.15, 0.2) is 12.4 Å². The molecule has 5 aromatic carbocycles. The average molecular weight is 703 g/mol. The Bertz CT molecular complexity index is 2150. The summed E-state index contributed by atoms with van der Waals surface area (Å²) in [7, 11) is 0. The van der Waals surface area contributed by atoms with Gasteiger partial charge in [-0.1, -0.05) is 77.8 Å². The highest BCUT2D eigenvalue weighted by atomic mass is 35.5. The smallest absolute Gasteiger partial charge is 0.343 e. The van der Waals surface area contributed by atoms with E-state index in [0.29, 0.717) is 5.02 Å². The lowest BCUT2D eigenvalue weighted by Crippen LogP contribution is -2.41. The summed E-state index contributed by atoms with van der Waals surface area (Å²) in [5.74, 6) is -3.95. The number of anilines is 1. The molecular weight excluding hydrogens is 677 g/mol. The van der Waals surface area contributed by atoms with Gasteiger partial charge in [-0.3, -0.25) is 14.4 Å². The monoisotopic (exact) mass is 701 g/mol. The molecule has 4 aliphatic rings. The van der Waals surface area contributed by atoms with E-state index in [1.54, 1.807) is 12.1 Å². The molecule has 0 spiro atoms. The molecule has 2 bridgehead atoms. The highest BCUT2D eigenvalue weighted by Crippen LogP contribution is 2.61. The van der Waals surface area contributed by atoms with Crippen molar-refractivity contribution in [1.29, 1.82) is 0 Å². The van der Waals surface area contributed by atoms with Crippen LogP contribution in [0, 0.1) is 11.8 Å². The fourth-order valence-corrected chi connectivity index (χ4v) is 7.80. The quantitative estimate of drug-likeness (QED) is 0.0743. The van der Waals surface area contributed by atoms with Crippen molar-refractivity contribution in [3.05, 3.63) is 164 Å². The number of esters is 2. The van der Waals surface area contributed by atoms with Gasteiger partial charge in [-0.25, -0.2) is 14.5 Å². The number of nitrogens with zero attached hydrogens (tertiary/aromatic N) is 1. The van der Waals surface area contributed by atoms with Crippen LogP contribution in [0.2, 0.25) is 10.0 Å². The number of halogens is 2. The van der Waals surface area contributed by atoms with Crippen LogP contribution in [0.5, 0.6) is 5.75 Å². The number of hydrogen-bond donors (Lipinski definition) is 0. The summed E-state index contributed by atoms with van der Waals surface area (Å²) in [6.45, 7) is -0.558. The van der Waals surface area contributed by atoms with E-state index in [-0.39, 0.29) is 56.8 Å². The molecule has 1 saturated heterocycles. The van der Waals surface area contributed by atoms with Gasteiger partial charge in [-0.05, 0) is 82.9 Å². The van der Waals surface area contributed by atoms with Crippen LogP contribution >= 0.6 is 23.2 Å². The Labute approximate surface area is 296 Å². The van der Waals surface area contributed by atoms with Crippen LogP contribution in [-0.2, 0) is 14.3 Å². The summed E-state index contributed by atoms with van der Waals surface area (Å²) in [4.78, 5) is 67.8. The van der Waals surface area contributed by atoms with Crippen LogP contribution in [0.15, 0.2) is 115 Å². The van der Waals surface area contributed by atoms with Gasteiger partial charge >= 0.3 is 11.9 Å². The normalized spacial score (nSPS) is 19.8. The number of hydrogen-bond acceptors (Lipinski definition) is 7. The summed E-state index contributed by atoms with van der Waals surface area (Å²) < 4.78 is 10.7. The molecule has 0 N–H and O–H groups in total. The van der Waals surface area contributed by atoms with Gasteiger partial charge in [0.1, 0.15) is 5.75 Å². The van der Waals surface area contributed by atoms with Crippen LogP contribution in [0.1, 0.15) is 65.2 Å². The zero-order valence-electron chi connectivity index (χ0n) is 26.0. The minimum atomic E-state index is -0.788. The summed E-state index contributed by atoms with van der Waals surface area (Å²) in [5.41, 5.74) is 5.08. The summed E-state index contributed by atoms with van der Waals surface area (Å²) in [6, 6.07) is 32.3. The number of Topliss-reactive ketones (excluding diaryl/α,β-unsaturated/α-hetero) is 1. The molecule has 2 amide bonds. The van der Waals surface area contributed by atoms with Crippen molar-refractivity contribution >= 4 is 58.4 Å². The lowest BCUT2D eigenvalue weighted by Gasteiger charge is -2.45. The minimum Gasteiger partial charge on any atom is -0.454 e. The first kappa shape index (κ1) is 31.7. The van der Waals surface area contributed by atoms with E-state index in [2.05, 4.69) is 0 Å². The molecule has 1 aliphatic heterocycles. The van der Waals surface area contributed by atoms with Crippen molar-refractivity contribution in [1.82, 2.24) is 0 Å². The maximum atomic E-state index is 14.1. The van der Waals surface area contributed by atoms with E-state index >= 15 is 0 Å². The van der Waals surface area contributed by atoms with E-state index in [1.807, 2.05) is 48.5 Å². The average Bonchev–Trinajstić information content (AvgIpc) is 3.41. The number of imide groups is 1. The van der Waals surface area contributed by atoms with Crippen LogP contribution < -0.4 is 9.64 Å². The Hall–Kier alpha value is -5.57. The second-order valence-electron chi connectivity index (χ2n) is 12.4. The predicted octanol–water partition coefficient (Wildman–Crippen LogP) is 7.65. The van der Waals surface area contributed by atoms with Crippen LogP contribution in [0.25, 0.3) is 0 Å². The molecule has 2 unspecified atom stereocenters. The second-order valence-corrected chi connectivity index (χ2v) is 13.2. The largest absolute Gasteiger partial charge is 0.454 e. The van der Waals surface area contributed by atoms with Crippen molar-refractivity contribution in [3.8, 4) is 5.75 Å². The Morgan fingerprint density at radius 1 is 0.580 bits per heavy atom. The van der Waals surface area contributed by atoms with E-state index in [0.717, 1.165) is 22.3 Å². The van der Waals surface area contributed by atoms with Crippen molar-refractivity contribution in [2.45, 2.75) is 11.8 Å². The fraction of sp³-hybridized carbons (Fsp3) is 0.125. The SMILES string of the molecule is O=C(COC(=O)c1cccc(N2C(=O)C3C4c5ccccc5C(c5ccccc54)C3C2=O)c1)c1ccc(OC(=O)c2ccc(Cl)c(Cl)c2)cc1. The molecule has 10 heteroatoms. The predicted molar refractivity (Wildman–Crippen MR) is 185 cm³/mol. The Balaban J connectivity index is 0.951. The Morgan fingerprint density at radius 3 is 1.68 bits per heavy atom. The lowest BCUT2D eigenvalue weighted by molar-refractivity contribution is -0.122. The maximum Gasteiger partial charge on any atom is 0.343 e. The van der Waals surface area contributed by atoms with E-state index in [4.69, 9.17) is 32.7 Å². The Morgan fingerprint density at radius 2 is 1.12 bits per heavy atom. The second kappa shape index (κ2) is 12.4. The van der Waals surface area contributed by atoms with Gasteiger partial charge in [0, 0.05) is 17.4 Å². The number of benzene rings is 5. The van der Waals surface area contributed by atoms with E-state index in [1.165, 1.54) is 59.5 Å². The molecule has 50 heavy (non-hydrogen) atoms. The highest BCUT2D eigenvalue weighted by Gasteiger charge is 2.61. The van der Waals surface area contributed by atoms with Gasteiger partial charge in [0.2, 0.25) is 11.8 Å². The van der Waals surface area contributed by atoms with Crippen LogP contribution in [0.3, 0.4) is 0 Å². The molecule has 1 heterocycles. The third kappa shape index (κ3) is 5.19. The van der Waals surface area contributed by atoms with Crippen molar-refractivity contribution in [2.75, 3.05) is 11.5 Å². The molecule has 0 saturated carbocycles. The third-order valence-electron chi connectivity index (χ3n) is 9.67. The Kier molecular flexibility index (Phi) is 7.85. The summed E-state index contributed by atoms with van der Waals surface area (Å²) in [5, 5.41) is 0.516. The number of carbonyl (C=O) groups is 5. The standard InChI is InChI=1S/C40H25Cl2NO7/c41-30-17-14-23(19-31(30)42)40(48)50-25-15-12-21(13-16-25)32(44)20-49-39(47)22-6-5-7-24(18-22)43-37(45)35-33-26-8-1-2-9-27(26)34(36(35)38(43)46)29-11-4-3-10-28(29)33/h1-19,33-36H,20H2. The molecular formula is C40H25Cl2NO7. The third-order valence-corrected chi connectivity index (χ3v) is 10.4. The first-order chi connectivity index (χ1) is 24.2. The van der Waals surface area contributed by atoms with Crippen molar-refractivity contribution < 1.29 is 33.4 Å². The van der Waals surface area contributed by atoms with Gasteiger partial charge < -0.3 is 9.47 Å². The molecule has 1 fully saturated rings. The topological polar surface area (TPSA) is 107 Å². The molecule has 0 aromatic heterocycles. The molecule has 2 atom stereocenters. The van der Waals surface area contributed by atoms with Gasteiger partial charge in [-0.15, -0.1) is 0 Å². The van der Waals surface area contributed by atoms with Crippen molar-refractivity contribution in [2.24, 2.45) is 11.8 Å². The molecule has 5 aromatic rings. The number of ketones is 1. The maximum absolute atomic E-state index is 14.1. The zero-order chi connectivity index (χ0) is 34.7. The highest BCUT2D eigenvalue weighted by molar-refractivity contribution is 6.42.